The van der Waals surface area contributed by atoms with Crippen LogP contribution >= 0.6 is 0 Å². The molecule has 0 spiro atoms. The van der Waals surface area contributed by atoms with Crippen LogP contribution in [0, 0.1) is 6.92 Å². The van der Waals surface area contributed by atoms with Crippen LogP contribution in [0.5, 0.6) is 5.75 Å². The monoisotopic (exact) mass is 282 g/mol. The van der Waals surface area contributed by atoms with E-state index in [-0.39, 0.29) is 17.6 Å². The minimum atomic E-state index is -0.210. The van der Waals surface area contributed by atoms with Gasteiger partial charge >= 0.3 is 0 Å². The zero-order valence-corrected chi connectivity index (χ0v) is 11.9. The molecule has 2 aromatic rings. The summed E-state index contributed by atoms with van der Waals surface area (Å²) in [4.78, 5) is 12.5. The van der Waals surface area contributed by atoms with E-state index < -0.39 is 0 Å². The summed E-state index contributed by atoms with van der Waals surface area (Å²) >= 11 is 0. The molecule has 1 aliphatic rings. The lowest BCUT2D eigenvalue weighted by Gasteiger charge is -2.25. The quantitative estimate of drug-likeness (QED) is 0.793. The highest BCUT2D eigenvalue weighted by Crippen LogP contribution is 2.26. The number of aryl methyl sites for hydroxylation is 1. The van der Waals surface area contributed by atoms with E-state index in [0.29, 0.717) is 12.2 Å². The number of hydrogen-bond acceptors (Lipinski definition) is 3. The van der Waals surface area contributed by atoms with Gasteiger partial charge in [-0.05, 0) is 29.7 Å². The Kier molecular flexibility index (Phi) is 3.62. The lowest BCUT2D eigenvalue weighted by atomic mass is 9.90. The van der Waals surface area contributed by atoms with Crippen LogP contribution in [0.15, 0.2) is 42.5 Å². The number of aromatic hydroxyl groups is 1. The molecule has 0 fully saturated rings. The van der Waals surface area contributed by atoms with Crippen LogP contribution in [0.4, 0.5) is 5.69 Å². The van der Waals surface area contributed by atoms with Gasteiger partial charge in [-0.1, -0.05) is 30.3 Å². The number of fused-ring (bicyclic) bond motifs is 1. The number of phenolic OH excluding ortho intramolecular Hbond substituents is 1. The molecule has 1 atom stereocenters. The first-order chi connectivity index (χ1) is 10.1. The van der Waals surface area contributed by atoms with Gasteiger partial charge in [-0.25, -0.2) is 0 Å². The molecule has 1 unspecified atom stereocenters. The minimum absolute atomic E-state index is 0.0575. The Morgan fingerprint density at radius 2 is 2.10 bits per heavy atom. The molecule has 0 bridgehead atoms. The van der Waals surface area contributed by atoms with E-state index in [4.69, 9.17) is 0 Å². The highest BCUT2D eigenvalue weighted by molar-refractivity contribution is 5.96. The summed E-state index contributed by atoms with van der Waals surface area (Å²) < 4.78 is 0. The molecule has 108 valence electrons. The van der Waals surface area contributed by atoms with E-state index >= 15 is 0 Å². The standard InChI is InChI=1S/C17H18N2O2/c1-11-6-7-13(8-16(11)20)19-17(21)15-10-18-9-12-4-2-3-5-14(12)15/h2-8,15,18,20H,9-10H2,1H3,(H,19,21). The van der Waals surface area contributed by atoms with Gasteiger partial charge in [-0.2, -0.15) is 0 Å². The first-order valence-electron chi connectivity index (χ1n) is 7.04. The topological polar surface area (TPSA) is 61.4 Å². The Morgan fingerprint density at radius 3 is 2.90 bits per heavy atom. The molecule has 4 heteroatoms. The van der Waals surface area contributed by atoms with Gasteiger partial charge in [0.25, 0.3) is 0 Å². The Bertz CT molecular complexity index is 682. The Labute approximate surface area is 123 Å². The van der Waals surface area contributed by atoms with E-state index in [1.807, 2.05) is 31.2 Å². The Morgan fingerprint density at radius 1 is 1.29 bits per heavy atom. The van der Waals surface area contributed by atoms with Gasteiger partial charge in [0.2, 0.25) is 5.91 Å². The lowest BCUT2D eigenvalue weighted by Crippen LogP contribution is -2.35. The van der Waals surface area contributed by atoms with Crippen molar-refractivity contribution in [1.29, 1.82) is 0 Å². The predicted octanol–water partition coefficient (Wildman–Crippen LogP) is 2.53. The fourth-order valence-electron chi connectivity index (χ4n) is 2.65. The SMILES string of the molecule is Cc1ccc(NC(=O)C2CNCc3ccccc32)cc1O. The lowest BCUT2D eigenvalue weighted by molar-refractivity contribution is -0.117. The van der Waals surface area contributed by atoms with Crippen molar-refractivity contribution < 1.29 is 9.90 Å². The third-order valence-electron chi connectivity index (χ3n) is 3.89. The van der Waals surface area contributed by atoms with Gasteiger partial charge in [0, 0.05) is 24.8 Å². The Hall–Kier alpha value is -2.33. The van der Waals surface area contributed by atoms with Crippen molar-refractivity contribution in [2.24, 2.45) is 0 Å². The van der Waals surface area contributed by atoms with E-state index in [1.165, 1.54) is 0 Å². The van der Waals surface area contributed by atoms with Crippen molar-refractivity contribution in [3.8, 4) is 5.75 Å². The number of nitrogens with one attached hydrogen (secondary N) is 2. The number of carbonyl (C=O) groups excluding carboxylic acids is 1. The summed E-state index contributed by atoms with van der Waals surface area (Å²) in [6.45, 7) is 3.24. The second-order valence-electron chi connectivity index (χ2n) is 5.37. The maximum atomic E-state index is 12.5. The number of phenols is 1. The van der Waals surface area contributed by atoms with Crippen molar-refractivity contribution in [3.05, 3.63) is 59.2 Å². The van der Waals surface area contributed by atoms with E-state index in [1.54, 1.807) is 18.2 Å². The molecular formula is C17H18N2O2. The van der Waals surface area contributed by atoms with E-state index in [9.17, 15) is 9.90 Å². The highest BCUT2D eigenvalue weighted by Gasteiger charge is 2.26. The summed E-state index contributed by atoms with van der Waals surface area (Å²) in [5.74, 6) is -0.0775. The maximum absolute atomic E-state index is 12.5. The average molecular weight is 282 g/mol. The maximum Gasteiger partial charge on any atom is 0.233 e. The largest absolute Gasteiger partial charge is 0.508 e. The molecular weight excluding hydrogens is 264 g/mol. The molecule has 1 amide bonds. The first kappa shape index (κ1) is 13.6. The van der Waals surface area contributed by atoms with Gasteiger partial charge in [0.05, 0.1) is 5.92 Å². The van der Waals surface area contributed by atoms with Crippen LogP contribution in [0.2, 0.25) is 0 Å². The third-order valence-corrected chi connectivity index (χ3v) is 3.89. The van der Waals surface area contributed by atoms with Crippen molar-refractivity contribution in [1.82, 2.24) is 5.32 Å². The van der Waals surface area contributed by atoms with Crippen LogP contribution in [-0.2, 0) is 11.3 Å². The van der Waals surface area contributed by atoms with Gasteiger partial charge in [-0.15, -0.1) is 0 Å². The number of benzene rings is 2. The number of anilines is 1. The molecule has 0 aromatic heterocycles. The van der Waals surface area contributed by atoms with Crippen LogP contribution < -0.4 is 10.6 Å². The van der Waals surface area contributed by atoms with E-state index in [2.05, 4.69) is 10.6 Å². The molecule has 0 saturated carbocycles. The molecule has 0 radical (unpaired) electrons. The van der Waals surface area contributed by atoms with Gasteiger partial charge < -0.3 is 15.7 Å². The van der Waals surface area contributed by atoms with Crippen LogP contribution in [0.25, 0.3) is 0 Å². The zero-order chi connectivity index (χ0) is 14.8. The van der Waals surface area contributed by atoms with Crippen molar-refractivity contribution >= 4 is 11.6 Å². The normalized spacial score (nSPS) is 17.1. The summed E-state index contributed by atoms with van der Waals surface area (Å²) in [7, 11) is 0. The number of rotatable bonds is 2. The number of amides is 1. The molecule has 21 heavy (non-hydrogen) atoms. The minimum Gasteiger partial charge on any atom is -0.508 e. The third kappa shape index (κ3) is 2.76. The summed E-state index contributed by atoms with van der Waals surface area (Å²) in [6, 6.07) is 13.2. The second-order valence-corrected chi connectivity index (χ2v) is 5.37. The average Bonchev–Trinajstić information content (AvgIpc) is 2.50. The summed E-state index contributed by atoms with van der Waals surface area (Å²) in [5, 5.41) is 15.9. The van der Waals surface area contributed by atoms with E-state index in [0.717, 1.165) is 23.2 Å². The molecule has 1 heterocycles. The second kappa shape index (κ2) is 5.58. The molecule has 2 aromatic carbocycles. The zero-order valence-electron chi connectivity index (χ0n) is 11.9. The number of hydrogen-bond donors (Lipinski definition) is 3. The predicted molar refractivity (Wildman–Crippen MR) is 82.4 cm³/mol. The first-order valence-corrected chi connectivity index (χ1v) is 7.04. The summed E-state index contributed by atoms with van der Waals surface area (Å²) in [5.41, 5.74) is 3.64. The highest BCUT2D eigenvalue weighted by atomic mass is 16.3. The van der Waals surface area contributed by atoms with Crippen molar-refractivity contribution in [2.45, 2.75) is 19.4 Å². The fourth-order valence-corrected chi connectivity index (χ4v) is 2.65. The van der Waals surface area contributed by atoms with Crippen molar-refractivity contribution in [3.63, 3.8) is 0 Å². The van der Waals surface area contributed by atoms with Gasteiger partial charge in [-0.3, -0.25) is 4.79 Å². The van der Waals surface area contributed by atoms with Crippen LogP contribution in [0.3, 0.4) is 0 Å². The fraction of sp³-hybridized carbons (Fsp3) is 0.235. The molecule has 0 saturated heterocycles. The smallest absolute Gasteiger partial charge is 0.233 e. The molecule has 3 N–H and O–H groups in total. The number of carbonyl (C=O) groups is 1. The van der Waals surface area contributed by atoms with Crippen molar-refractivity contribution in [2.75, 3.05) is 11.9 Å². The summed E-state index contributed by atoms with van der Waals surface area (Å²) in [6.07, 6.45) is 0. The van der Waals surface area contributed by atoms with Gasteiger partial charge in [0.1, 0.15) is 5.75 Å². The Balaban J connectivity index is 1.81. The van der Waals surface area contributed by atoms with Gasteiger partial charge in [0.15, 0.2) is 0 Å². The molecule has 3 rings (SSSR count). The van der Waals surface area contributed by atoms with Crippen LogP contribution in [0.1, 0.15) is 22.6 Å². The van der Waals surface area contributed by atoms with Crippen LogP contribution in [-0.4, -0.2) is 17.6 Å². The molecule has 1 aliphatic heterocycles. The molecule has 4 nitrogen and oxygen atoms in total. The molecule has 0 aliphatic carbocycles.